The van der Waals surface area contributed by atoms with Crippen LogP contribution in [0.25, 0.3) is 10.8 Å². The van der Waals surface area contributed by atoms with Gasteiger partial charge in [-0.1, -0.05) is 42.5 Å². The molecule has 2 rings (SSSR count). The lowest BCUT2D eigenvalue weighted by molar-refractivity contribution is 0.288. The van der Waals surface area contributed by atoms with E-state index in [9.17, 15) is 5.11 Å². The minimum atomic E-state index is -0.427. The van der Waals surface area contributed by atoms with Crippen molar-refractivity contribution < 1.29 is 5.11 Å². The van der Waals surface area contributed by atoms with E-state index in [4.69, 9.17) is 0 Å². The molecule has 0 saturated carbocycles. The molecule has 0 fully saturated rings. The molecule has 1 unspecified atom stereocenters. The van der Waals surface area contributed by atoms with Gasteiger partial charge in [-0.2, -0.15) is 0 Å². The van der Waals surface area contributed by atoms with Gasteiger partial charge in [0.1, 0.15) is 4.11 Å². The molecule has 0 aliphatic carbocycles. The normalized spacial score (nSPS) is 13.1. The highest BCUT2D eigenvalue weighted by molar-refractivity contribution is 14.1. The first-order valence-corrected chi connectivity index (χ1v) is 5.33. The molecule has 66 valence electrons. The number of aliphatic hydroxyl groups excluding tert-OH is 1. The summed E-state index contributed by atoms with van der Waals surface area (Å²) in [5.74, 6) is 0. The van der Waals surface area contributed by atoms with Gasteiger partial charge in [-0.15, -0.1) is 0 Å². The van der Waals surface area contributed by atoms with E-state index >= 15 is 0 Å². The molecule has 2 aromatic rings. The summed E-state index contributed by atoms with van der Waals surface area (Å²) in [4.78, 5) is 0. The third-order valence-corrected chi connectivity index (χ3v) is 2.75. The summed E-state index contributed by atoms with van der Waals surface area (Å²) in [6, 6.07) is 14.1. The molecule has 0 aromatic heterocycles. The monoisotopic (exact) mass is 284 g/mol. The number of fused-ring (bicyclic) bond motifs is 1. The minimum absolute atomic E-state index is 0.427. The average molecular weight is 284 g/mol. The maximum absolute atomic E-state index is 9.51. The van der Waals surface area contributed by atoms with Crippen molar-refractivity contribution in [3.05, 3.63) is 48.0 Å². The number of benzene rings is 2. The minimum Gasteiger partial charge on any atom is -0.378 e. The summed E-state index contributed by atoms with van der Waals surface area (Å²) < 4.78 is -0.427. The Bertz CT molecular complexity index is 418. The predicted molar refractivity (Wildman–Crippen MR) is 62.9 cm³/mol. The van der Waals surface area contributed by atoms with Crippen LogP contribution in [0.15, 0.2) is 42.5 Å². The fraction of sp³-hybridized carbons (Fsp3) is 0.0909. The van der Waals surface area contributed by atoms with Crippen molar-refractivity contribution >= 4 is 33.4 Å². The number of alkyl halides is 1. The molecule has 1 N–H and O–H groups in total. The molecule has 0 heterocycles. The largest absolute Gasteiger partial charge is 0.378 e. The zero-order valence-electron chi connectivity index (χ0n) is 6.94. The highest BCUT2D eigenvalue weighted by Gasteiger charge is 2.05. The van der Waals surface area contributed by atoms with Gasteiger partial charge in [0.2, 0.25) is 0 Å². The van der Waals surface area contributed by atoms with E-state index in [0.717, 1.165) is 10.9 Å². The maximum atomic E-state index is 9.51. The Morgan fingerprint density at radius 3 is 2.46 bits per heavy atom. The Morgan fingerprint density at radius 1 is 1.00 bits per heavy atom. The molecule has 0 radical (unpaired) electrons. The molecule has 2 aromatic carbocycles. The Kier molecular flexibility index (Phi) is 2.51. The van der Waals surface area contributed by atoms with Gasteiger partial charge < -0.3 is 5.11 Å². The lowest BCUT2D eigenvalue weighted by Crippen LogP contribution is -1.88. The van der Waals surface area contributed by atoms with E-state index < -0.39 is 4.11 Å². The van der Waals surface area contributed by atoms with Gasteiger partial charge in [0.15, 0.2) is 0 Å². The third kappa shape index (κ3) is 1.69. The zero-order chi connectivity index (χ0) is 9.26. The van der Waals surface area contributed by atoms with Gasteiger partial charge in [0, 0.05) is 0 Å². The van der Waals surface area contributed by atoms with Crippen LogP contribution in [0, 0.1) is 0 Å². The van der Waals surface area contributed by atoms with Crippen LogP contribution in [-0.4, -0.2) is 5.11 Å². The smallest absolute Gasteiger partial charge is 0.131 e. The molecule has 1 atom stereocenters. The van der Waals surface area contributed by atoms with Gasteiger partial charge in [-0.05, 0) is 38.9 Å². The van der Waals surface area contributed by atoms with Crippen LogP contribution in [0.2, 0.25) is 0 Å². The quantitative estimate of drug-likeness (QED) is 0.629. The summed E-state index contributed by atoms with van der Waals surface area (Å²) in [7, 11) is 0. The van der Waals surface area contributed by atoms with Gasteiger partial charge >= 0.3 is 0 Å². The SMILES string of the molecule is OC(I)c1cccc2ccccc12. The van der Waals surface area contributed by atoms with E-state index in [2.05, 4.69) is 12.1 Å². The van der Waals surface area contributed by atoms with Crippen LogP contribution < -0.4 is 0 Å². The molecule has 0 bridgehead atoms. The highest BCUT2D eigenvalue weighted by atomic mass is 127. The lowest BCUT2D eigenvalue weighted by atomic mass is 10.1. The molecule has 2 heteroatoms. The van der Waals surface area contributed by atoms with Crippen molar-refractivity contribution in [3.63, 3.8) is 0 Å². The molecule has 1 nitrogen and oxygen atoms in total. The van der Waals surface area contributed by atoms with Gasteiger partial charge in [-0.3, -0.25) is 0 Å². The molecule has 0 amide bonds. The maximum Gasteiger partial charge on any atom is 0.131 e. The second-order valence-corrected chi connectivity index (χ2v) is 4.08. The number of rotatable bonds is 1. The molecule has 0 saturated heterocycles. The van der Waals surface area contributed by atoms with Crippen molar-refractivity contribution in [2.24, 2.45) is 0 Å². The first-order valence-electron chi connectivity index (χ1n) is 4.09. The number of hydrogen-bond donors (Lipinski definition) is 1. The highest BCUT2D eigenvalue weighted by Crippen LogP contribution is 2.27. The molecule has 0 aliphatic rings. The van der Waals surface area contributed by atoms with Crippen LogP contribution >= 0.6 is 22.6 Å². The second kappa shape index (κ2) is 3.64. The first kappa shape index (κ1) is 8.97. The van der Waals surface area contributed by atoms with E-state index in [1.165, 1.54) is 5.39 Å². The van der Waals surface area contributed by atoms with E-state index in [1.54, 1.807) is 0 Å². The van der Waals surface area contributed by atoms with Crippen molar-refractivity contribution in [1.29, 1.82) is 0 Å². The summed E-state index contributed by atoms with van der Waals surface area (Å²) in [6.45, 7) is 0. The predicted octanol–water partition coefficient (Wildman–Crippen LogP) is 3.27. The topological polar surface area (TPSA) is 20.2 Å². The van der Waals surface area contributed by atoms with Gasteiger partial charge in [-0.25, -0.2) is 0 Å². The fourth-order valence-corrected chi connectivity index (χ4v) is 2.00. The molecule has 0 aliphatic heterocycles. The summed E-state index contributed by atoms with van der Waals surface area (Å²) in [6.07, 6.45) is 0. The summed E-state index contributed by atoms with van der Waals surface area (Å²) in [5, 5.41) is 11.8. The number of halogens is 1. The Labute approximate surface area is 90.5 Å². The first-order chi connectivity index (χ1) is 6.29. The van der Waals surface area contributed by atoms with Gasteiger partial charge in [0.25, 0.3) is 0 Å². The van der Waals surface area contributed by atoms with E-state index in [0.29, 0.717) is 0 Å². The Morgan fingerprint density at radius 2 is 1.69 bits per heavy atom. The molecule has 13 heavy (non-hydrogen) atoms. The van der Waals surface area contributed by atoms with Crippen molar-refractivity contribution in [2.75, 3.05) is 0 Å². The lowest BCUT2D eigenvalue weighted by Gasteiger charge is -2.06. The molecule has 0 spiro atoms. The van der Waals surface area contributed by atoms with Crippen LogP contribution in [-0.2, 0) is 0 Å². The van der Waals surface area contributed by atoms with Crippen molar-refractivity contribution in [2.45, 2.75) is 4.11 Å². The van der Waals surface area contributed by atoms with Gasteiger partial charge in [0.05, 0.1) is 0 Å². The van der Waals surface area contributed by atoms with Crippen LogP contribution in [0.1, 0.15) is 9.67 Å². The standard InChI is InChI=1S/C11H9IO/c12-11(13)10-7-3-5-8-4-1-2-6-9(8)10/h1-7,11,13H. The van der Waals surface area contributed by atoms with Crippen LogP contribution in [0.5, 0.6) is 0 Å². The van der Waals surface area contributed by atoms with Crippen molar-refractivity contribution in [1.82, 2.24) is 0 Å². The zero-order valence-corrected chi connectivity index (χ0v) is 9.10. The fourth-order valence-electron chi connectivity index (χ4n) is 1.46. The van der Waals surface area contributed by atoms with E-state index in [-0.39, 0.29) is 0 Å². The Balaban J connectivity index is 2.76. The van der Waals surface area contributed by atoms with Crippen LogP contribution in [0.3, 0.4) is 0 Å². The molecular weight excluding hydrogens is 275 g/mol. The van der Waals surface area contributed by atoms with E-state index in [1.807, 2.05) is 52.9 Å². The summed E-state index contributed by atoms with van der Waals surface area (Å²) >= 11 is 2.01. The number of hydrogen-bond acceptors (Lipinski definition) is 1. The van der Waals surface area contributed by atoms with Crippen molar-refractivity contribution in [3.8, 4) is 0 Å². The molecular formula is C11H9IO. The Hall–Kier alpha value is -0.610. The second-order valence-electron chi connectivity index (χ2n) is 2.90. The number of aliphatic hydroxyl groups is 1. The summed E-state index contributed by atoms with van der Waals surface area (Å²) in [5.41, 5.74) is 0.985. The van der Waals surface area contributed by atoms with Crippen LogP contribution in [0.4, 0.5) is 0 Å². The third-order valence-electron chi connectivity index (χ3n) is 2.08. The average Bonchev–Trinajstić information content (AvgIpc) is 2.17.